The second kappa shape index (κ2) is 9.58. The third kappa shape index (κ3) is 6.15. The summed E-state index contributed by atoms with van der Waals surface area (Å²) in [6.45, 7) is 5.96. The zero-order valence-corrected chi connectivity index (χ0v) is 14.3. The van der Waals surface area contributed by atoms with Crippen LogP contribution in [0.25, 0.3) is 0 Å². The van der Waals surface area contributed by atoms with Gasteiger partial charge in [-0.15, -0.1) is 19.0 Å². The number of sulfonamides is 1. The fourth-order valence-electron chi connectivity index (χ4n) is 1.49. The summed E-state index contributed by atoms with van der Waals surface area (Å²) < 4.78 is 26.8. The Kier molecular flexibility index (Phi) is 8.96. The van der Waals surface area contributed by atoms with Crippen LogP contribution in [0.5, 0.6) is 0 Å². The average Bonchev–Trinajstić information content (AvgIpc) is 2.50. The predicted molar refractivity (Wildman–Crippen MR) is 89.9 cm³/mol. The van der Waals surface area contributed by atoms with E-state index in [-0.39, 0.29) is 35.8 Å². The molecule has 0 heterocycles. The molecule has 22 heavy (non-hydrogen) atoms. The van der Waals surface area contributed by atoms with Gasteiger partial charge in [-0.05, 0) is 32.2 Å². The lowest BCUT2D eigenvalue weighted by Gasteiger charge is -2.12. The summed E-state index contributed by atoms with van der Waals surface area (Å²) in [6.07, 6.45) is 1.55. The molecule has 0 aliphatic rings. The molecule has 0 aromatic heterocycles. The van der Waals surface area contributed by atoms with Crippen molar-refractivity contribution in [3.63, 3.8) is 0 Å². The van der Waals surface area contributed by atoms with Crippen LogP contribution in [0.15, 0.2) is 41.8 Å². The molecule has 6 nitrogen and oxygen atoms in total. The molecular weight excluding hydrogens is 326 g/mol. The van der Waals surface area contributed by atoms with Gasteiger partial charge in [-0.3, -0.25) is 4.79 Å². The minimum atomic E-state index is -3.63. The van der Waals surface area contributed by atoms with Gasteiger partial charge < -0.3 is 10.6 Å². The van der Waals surface area contributed by atoms with Crippen LogP contribution in [0.4, 0.5) is 0 Å². The fraction of sp³-hybridized carbons (Fsp3) is 0.357. The van der Waals surface area contributed by atoms with E-state index in [9.17, 15) is 13.2 Å². The highest BCUT2D eigenvalue weighted by atomic mass is 35.5. The minimum Gasteiger partial charge on any atom is -0.349 e. The molecule has 3 N–H and O–H groups in total. The maximum atomic E-state index is 12.2. The number of amides is 1. The Labute approximate surface area is 137 Å². The summed E-state index contributed by atoms with van der Waals surface area (Å²) in [4.78, 5) is 11.9. The van der Waals surface area contributed by atoms with Crippen molar-refractivity contribution in [3.05, 3.63) is 42.5 Å². The van der Waals surface area contributed by atoms with E-state index in [2.05, 4.69) is 21.9 Å². The lowest BCUT2D eigenvalue weighted by molar-refractivity contribution is 0.0958. The molecular formula is C14H22ClN3O3S. The van der Waals surface area contributed by atoms with Gasteiger partial charge in [-0.25, -0.2) is 13.1 Å². The molecule has 1 rings (SSSR count). The topological polar surface area (TPSA) is 87.3 Å². The lowest BCUT2D eigenvalue weighted by Crippen LogP contribution is -2.37. The van der Waals surface area contributed by atoms with Gasteiger partial charge in [0.1, 0.15) is 0 Å². The number of nitrogens with one attached hydrogen (secondary N) is 3. The largest absolute Gasteiger partial charge is 0.349 e. The van der Waals surface area contributed by atoms with Crippen LogP contribution in [0.3, 0.4) is 0 Å². The zero-order valence-electron chi connectivity index (χ0n) is 12.6. The Morgan fingerprint density at radius 2 is 2.09 bits per heavy atom. The molecule has 0 saturated heterocycles. The van der Waals surface area contributed by atoms with Crippen molar-refractivity contribution >= 4 is 28.3 Å². The number of carbonyl (C=O) groups is 1. The van der Waals surface area contributed by atoms with E-state index < -0.39 is 10.0 Å². The second-order valence-electron chi connectivity index (χ2n) is 4.57. The first-order valence-electron chi connectivity index (χ1n) is 6.56. The van der Waals surface area contributed by atoms with Crippen LogP contribution in [0.1, 0.15) is 17.3 Å². The van der Waals surface area contributed by atoms with E-state index in [4.69, 9.17) is 0 Å². The Hall–Kier alpha value is -1.41. The van der Waals surface area contributed by atoms with Gasteiger partial charge >= 0.3 is 0 Å². The van der Waals surface area contributed by atoms with Gasteiger partial charge in [0.05, 0.1) is 4.90 Å². The van der Waals surface area contributed by atoms with Gasteiger partial charge in [0, 0.05) is 24.7 Å². The molecule has 0 bridgehead atoms. The minimum absolute atomic E-state index is 0. The van der Waals surface area contributed by atoms with Crippen molar-refractivity contribution in [2.24, 2.45) is 0 Å². The quantitative estimate of drug-likeness (QED) is 0.610. The van der Waals surface area contributed by atoms with Gasteiger partial charge in [0.15, 0.2) is 0 Å². The van der Waals surface area contributed by atoms with Gasteiger partial charge in [-0.2, -0.15) is 0 Å². The van der Waals surface area contributed by atoms with Crippen molar-refractivity contribution in [1.29, 1.82) is 0 Å². The fourth-order valence-corrected chi connectivity index (χ4v) is 2.67. The standard InChI is InChI=1S/C14H21N3O3S.ClH/c1-4-8-16-14(18)12-6-5-7-13(9-12)21(19,20)17-10-11(2)15-3;/h4-7,9,11,15,17H,1,8,10H2,2-3H3,(H,16,18);1H. The van der Waals surface area contributed by atoms with Crippen molar-refractivity contribution in [2.45, 2.75) is 17.9 Å². The van der Waals surface area contributed by atoms with Crippen LogP contribution in [-0.2, 0) is 10.0 Å². The van der Waals surface area contributed by atoms with Crippen LogP contribution < -0.4 is 15.4 Å². The van der Waals surface area contributed by atoms with Gasteiger partial charge in [0.25, 0.3) is 5.91 Å². The number of rotatable bonds is 8. The molecule has 0 saturated carbocycles. The third-order valence-corrected chi connectivity index (χ3v) is 4.31. The molecule has 1 aromatic carbocycles. The van der Waals surface area contributed by atoms with Crippen molar-refractivity contribution in [1.82, 2.24) is 15.4 Å². The van der Waals surface area contributed by atoms with E-state index in [0.29, 0.717) is 12.1 Å². The molecule has 0 aliphatic carbocycles. The first-order chi connectivity index (χ1) is 9.90. The number of carbonyl (C=O) groups excluding carboxylic acids is 1. The molecule has 0 fully saturated rings. The Morgan fingerprint density at radius 3 is 2.68 bits per heavy atom. The number of halogens is 1. The summed E-state index contributed by atoms with van der Waals surface area (Å²) in [6, 6.07) is 5.92. The van der Waals surface area contributed by atoms with E-state index >= 15 is 0 Å². The van der Waals surface area contributed by atoms with Crippen LogP contribution in [0, 0.1) is 0 Å². The maximum Gasteiger partial charge on any atom is 0.251 e. The third-order valence-electron chi connectivity index (χ3n) is 2.89. The summed E-state index contributed by atoms with van der Waals surface area (Å²) in [5.74, 6) is -0.337. The number of hydrogen-bond donors (Lipinski definition) is 3. The van der Waals surface area contributed by atoms with Gasteiger partial charge in [0.2, 0.25) is 10.0 Å². The monoisotopic (exact) mass is 347 g/mol. The Morgan fingerprint density at radius 1 is 1.41 bits per heavy atom. The summed E-state index contributed by atoms with van der Waals surface area (Å²) in [7, 11) is -1.88. The smallest absolute Gasteiger partial charge is 0.251 e. The van der Waals surface area contributed by atoms with Crippen molar-refractivity contribution in [2.75, 3.05) is 20.1 Å². The summed E-state index contributed by atoms with van der Waals surface area (Å²) >= 11 is 0. The van der Waals surface area contributed by atoms with Crippen LogP contribution >= 0.6 is 12.4 Å². The second-order valence-corrected chi connectivity index (χ2v) is 6.34. The number of hydrogen-bond acceptors (Lipinski definition) is 4. The van der Waals surface area contributed by atoms with Crippen LogP contribution in [0.2, 0.25) is 0 Å². The summed E-state index contributed by atoms with van der Waals surface area (Å²) in [5.41, 5.74) is 0.293. The summed E-state index contributed by atoms with van der Waals surface area (Å²) in [5, 5.41) is 5.55. The molecule has 0 spiro atoms. The zero-order chi connectivity index (χ0) is 15.9. The van der Waals surface area contributed by atoms with Crippen molar-refractivity contribution in [3.8, 4) is 0 Å². The van der Waals surface area contributed by atoms with Crippen LogP contribution in [-0.4, -0.2) is 40.5 Å². The Balaban J connectivity index is 0.00000441. The SMILES string of the molecule is C=CCNC(=O)c1cccc(S(=O)(=O)NCC(C)NC)c1.Cl. The highest BCUT2D eigenvalue weighted by Gasteiger charge is 2.16. The van der Waals surface area contributed by atoms with E-state index in [1.54, 1.807) is 25.3 Å². The molecule has 0 radical (unpaired) electrons. The number of likely N-dealkylation sites (N-methyl/N-ethyl adjacent to an activating group) is 1. The molecule has 8 heteroatoms. The maximum absolute atomic E-state index is 12.2. The van der Waals surface area contributed by atoms with E-state index in [1.807, 2.05) is 6.92 Å². The molecule has 1 aromatic rings. The predicted octanol–water partition coefficient (Wildman–Crippen LogP) is 0.910. The normalized spacial score (nSPS) is 12.1. The molecule has 1 unspecified atom stereocenters. The lowest BCUT2D eigenvalue weighted by atomic mass is 10.2. The first kappa shape index (κ1) is 20.6. The highest BCUT2D eigenvalue weighted by molar-refractivity contribution is 7.89. The molecule has 1 amide bonds. The van der Waals surface area contributed by atoms with E-state index in [0.717, 1.165) is 0 Å². The molecule has 1 atom stereocenters. The molecule has 0 aliphatic heterocycles. The first-order valence-corrected chi connectivity index (χ1v) is 8.05. The van der Waals surface area contributed by atoms with E-state index in [1.165, 1.54) is 12.1 Å². The molecule has 124 valence electrons. The Bertz CT molecular complexity index is 605. The highest BCUT2D eigenvalue weighted by Crippen LogP contribution is 2.11. The van der Waals surface area contributed by atoms with Gasteiger partial charge in [-0.1, -0.05) is 12.1 Å². The average molecular weight is 348 g/mol. The number of benzene rings is 1. The van der Waals surface area contributed by atoms with Crippen molar-refractivity contribution < 1.29 is 13.2 Å².